The highest BCUT2D eigenvalue weighted by Gasteiger charge is 2.46. The quantitative estimate of drug-likeness (QED) is 0.321. The number of Topliss-reactive ketones (excluding diaryl/α,β-unsaturated/α-hetero) is 1. The number of nitrogens with two attached hydrogens (primary N) is 1. The third kappa shape index (κ3) is 5.30. The zero-order valence-electron chi connectivity index (χ0n) is 20.8. The van der Waals surface area contributed by atoms with Crippen LogP contribution in [0.5, 0.6) is 0 Å². The van der Waals surface area contributed by atoms with Gasteiger partial charge in [-0.2, -0.15) is 5.26 Å². The fourth-order valence-electron chi connectivity index (χ4n) is 4.74. The van der Waals surface area contributed by atoms with Gasteiger partial charge in [0.05, 0.1) is 45.3 Å². The van der Waals surface area contributed by atoms with E-state index in [1.807, 2.05) is 13.8 Å². The molecule has 13 heteroatoms. The van der Waals surface area contributed by atoms with Crippen molar-refractivity contribution in [3.63, 3.8) is 0 Å². The van der Waals surface area contributed by atoms with Crippen LogP contribution in [0.25, 0.3) is 0 Å². The van der Waals surface area contributed by atoms with Crippen molar-refractivity contribution in [1.82, 2.24) is 10.2 Å². The highest BCUT2D eigenvalue weighted by Crippen LogP contribution is 2.50. The molecule has 1 amide bonds. The second-order valence-electron chi connectivity index (χ2n) is 9.78. The molecule has 0 radical (unpaired) electrons. The van der Waals surface area contributed by atoms with Crippen LogP contribution in [0.2, 0.25) is 10.0 Å². The summed E-state index contributed by atoms with van der Waals surface area (Å²) in [5.74, 6) is -0.397. The van der Waals surface area contributed by atoms with Crippen LogP contribution in [0.1, 0.15) is 38.4 Å². The number of allylic oxidation sites excluding steroid dienone is 3. The average Bonchev–Trinajstić information content (AvgIpc) is 3.56. The molecule has 0 saturated heterocycles. The number of furan rings is 1. The van der Waals surface area contributed by atoms with Gasteiger partial charge in [0.1, 0.15) is 11.6 Å². The molecule has 1 atom stereocenters. The highest BCUT2D eigenvalue weighted by atomic mass is 35.5. The Bertz CT molecular complexity index is 1550. The first-order valence-electron chi connectivity index (χ1n) is 11.8. The number of hydrogen-bond donors (Lipinski definition) is 2. The summed E-state index contributed by atoms with van der Waals surface area (Å²) in [6.07, 6.45) is 2.37. The van der Waals surface area contributed by atoms with Gasteiger partial charge in [-0.25, -0.2) is 0 Å². The first-order chi connectivity index (χ1) is 18.6. The molecule has 1 aliphatic carbocycles. The maximum atomic E-state index is 13.5. The average molecular weight is 602 g/mol. The number of hydrogen-bond acceptors (Lipinski definition) is 10. The second kappa shape index (κ2) is 10.7. The van der Waals surface area contributed by atoms with Crippen LogP contribution in [0.4, 0.5) is 10.8 Å². The monoisotopic (exact) mass is 600 g/mol. The standard InChI is InChI=1S/C26H22Cl2N6O3S2/c1-26(2)9-16-21(17(35)10-26)20(18-7-4-8-37-18)13(11-29)23(30)34(16)24-32-33-25(39-24)38-12-19(36)31-22-14(27)5-3-6-15(22)28/h3-8,20H,9-10,12,30H2,1-2H3,(H,31,36). The molecule has 3 heterocycles. The number of anilines is 2. The van der Waals surface area contributed by atoms with E-state index in [-0.39, 0.29) is 34.3 Å². The smallest absolute Gasteiger partial charge is 0.234 e. The van der Waals surface area contributed by atoms with Gasteiger partial charge in [-0.15, -0.1) is 10.2 Å². The zero-order valence-corrected chi connectivity index (χ0v) is 24.0. The molecule has 1 aromatic carbocycles. The number of carbonyl (C=O) groups is 2. The van der Waals surface area contributed by atoms with E-state index in [1.165, 1.54) is 29.4 Å². The van der Waals surface area contributed by atoms with Crippen LogP contribution in [-0.4, -0.2) is 27.6 Å². The fourth-order valence-corrected chi connectivity index (χ4v) is 6.91. The van der Waals surface area contributed by atoms with E-state index in [1.54, 1.807) is 35.2 Å². The van der Waals surface area contributed by atoms with Crippen molar-refractivity contribution in [1.29, 1.82) is 5.26 Å². The van der Waals surface area contributed by atoms with Crippen LogP contribution in [0, 0.1) is 16.7 Å². The molecule has 0 fully saturated rings. The van der Waals surface area contributed by atoms with Crippen molar-refractivity contribution in [3.05, 3.63) is 75.1 Å². The van der Waals surface area contributed by atoms with Gasteiger partial charge in [0.15, 0.2) is 10.1 Å². The predicted octanol–water partition coefficient (Wildman–Crippen LogP) is 6.11. The minimum absolute atomic E-state index is 0.0327. The van der Waals surface area contributed by atoms with Crippen LogP contribution >= 0.6 is 46.3 Å². The maximum absolute atomic E-state index is 13.5. The highest BCUT2D eigenvalue weighted by molar-refractivity contribution is 8.01. The Balaban J connectivity index is 1.44. The lowest BCUT2D eigenvalue weighted by Crippen LogP contribution is -2.42. The molecule has 0 saturated carbocycles. The molecule has 0 spiro atoms. The Morgan fingerprint density at radius 1 is 1.28 bits per heavy atom. The normalized spacial score (nSPS) is 18.7. The van der Waals surface area contributed by atoms with Crippen molar-refractivity contribution in [2.45, 2.75) is 36.9 Å². The molecular formula is C26H22Cl2N6O3S2. The van der Waals surface area contributed by atoms with Crippen LogP contribution in [0.15, 0.2) is 68.0 Å². The molecule has 39 heavy (non-hydrogen) atoms. The van der Waals surface area contributed by atoms with Gasteiger partial charge in [-0.05, 0) is 36.1 Å². The van der Waals surface area contributed by atoms with Crippen molar-refractivity contribution in [2.24, 2.45) is 11.1 Å². The summed E-state index contributed by atoms with van der Waals surface area (Å²) in [6, 6.07) is 10.6. The summed E-state index contributed by atoms with van der Waals surface area (Å²) in [5.41, 5.74) is 7.97. The summed E-state index contributed by atoms with van der Waals surface area (Å²) < 4.78 is 6.14. The van der Waals surface area contributed by atoms with Crippen molar-refractivity contribution in [2.75, 3.05) is 16.0 Å². The molecule has 3 aromatic rings. The molecule has 2 aliphatic rings. The predicted molar refractivity (Wildman–Crippen MR) is 152 cm³/mol. The summed E-state index contributed by atoms with van der Waals surface area (Å²) in [7, 11) is 0. The Kier molecular flexibility index (Phi) is 7.48. The number of halogens is 2. The van der Waals surface area contributed by atoms with Gasteiger partial charge < -0.3 is 15.5 Å². The summed E-state index contributed by atoms with van der Waals surface area (Å²) >= 11 is 14.7. The summed E-state index contributed by atoms with van der Waals surface area (Å²) in [5, 5.41) is 22.4. The van der Waals surface area contributed by atoms with Gasteiger partial charge in [-0.1, -0.05) is 66.2 Å². The molecule has 2 aromatic heterocycles. The molecule has 3 N–H and O–H groups in total. The Hall–Kier alpha value is -3.30. The van der Waals surface area contributed by atoms with E-state index in [9.17, 15) is 14.9 Å². The molecule has 1 unspecified atom stereocenters. The van der Waals surface area contributed by atoms with E-state index in [4.69, 9.17) is 33.4 Å². The number of para-hydroxylation sites is 1. The molecule has 5 rings (SSSR count). The Labute approximate surface area is 242 Å². The summed E-state index contributed by atoms with van der Waals surface area (Å²) in [4.78, 5) is 27.7. The zero-order chi connectivity index (χ0) is 27.9. The maximum Gasteiger partial charge on any atom is 0.234 e. The number of aromatic nitrogens is 2. The van der Waals surface area contributed by atoms with Gasteiger partial charge in [0.25, 0.3) is 0 Å². The van der Waals surface area contributed by atoms with Crippen molar-refractivity contribution in [3.8, 4) is 6.07 Å². The Morgan fingerprint density at radius 3 is 2.69 bits per heavy atom. The Morgan fingerprint density at radius 2 is 2.03 bits per heavy atom. The number of thioether (sulfide) groups is 1. The second-order valence-corrected chi connectivity index (χ2v) is 12.8. The van der Waals surface area contributed by atoms with Crippen molar-refractivity contribution >= 4 is 68.8 Å². The van der Waals surface area contributed by atoms with E-state index < -0.39 is 5.92 Å². The molecular weight excluding hydrogens is 579 g/mol. The van der Waals surface area contributed by atoms with Gasteiger partial charge in [0, 0.05) is 17.7 Å². The third-order valence-corrected chi connectivity index (χ3v) is 9.02. The van der Waals surface area contributed by atoms with Crippen LogP contribution in [0.3, 0.4) is 0 Å². The lowest BCUT2D eigenvalue weighted by molar-refractivity contribution is -0.118. The van der Waals surface area contributed by atoms with E-state index in [2.05, 4.69) is 21.6 Å². The molecule has 200 valence electrons. The minimum atomic E-state index is -0.693. The van der Waals surface area contributed by atoms with Gasteiger partial charge in [0.2, 0.25) is 11.0 Å². The SMILES string of the molecule is CC1(C)CC(=O)C2=C(C1)N(c1nnc(SCC(=O)Nc3c(Cl)cccc3Cl)s1)C(N)=C(C#N)C2c1ccco1. The van der Waals surface area contributed by atoms with E-state index in [0.29, 0.717) is 55.1 Å². The number of nitrogens with zero attached hydrogens (tertiary/aromatic N) is 4. The van der Waals surface area contributed by atoms with Gasteiger partial charge >= 0.3 is 0 Å². The number of amides is 1. The first-order valence-corrected chi connectivity index (χ1v) is 14.3. The topological polar surface area (TPSA) is 138 Å². The lowest BCUT2D eigenvalue weighted by atomic mass is 9.69. The number of benzene rings is 1. The number of rotatable bonds is 6. The van der Waals surface area contributed by atoms with Gasteiger partial charge in [-0.3, -0.25) is 14.5 Å². The fraction of sp³-hybridized carbons (Fsp3) is 0.269. The van der Waals surface area contributed by atoms with Crippen LogP contribution < -0.4 is 16.0 Å². The molecule has 1 aliphatic heterocycles. The first kappa shape index (κ1) is 27.3. The van der Waals surface area contributed by atoms with Crippen LogP contribution in [-0.2, 0) is 9.59 Å². The largest absolute Gasteiger partial charge is 0.468 e. The minimum Gasteiger partial charge on any atom is -0.468 e. The van der Waals surface area contributed by atoms with Crippen molar-refractivity contribution < 1.29 is 14.0 Å². The number of ketones is 1. The molecule has 0 bridgehead atoms. The number of nitrogens with one attached hydrogen (secondary N) is 1. The van der Waals surface area contributed by atoms with E-state index >= 15 is 0 Å². The lowest BCUT2D eigenvalue weighted by Gasteiger charge is -2.42. The van der Waals surface area contributed by atoms with E-state index in [0.717, 1.165) is 0 Å². The summed E-state index contributed by atoms with van der Waals surface area (Å²) in [6.45, 7) is 4.03. The third-order valence-electron chi connectivity index (χ3n) is 6.35. The number of carbonyl (C=O) groups excluding carboxylic acids is 2. The molecule has 9 nitrogen and oxygen atoms in total. The number of nitriles is 1.